The Bertz CT molecular complexity index is 4080. The number of hydrogen-bond acceptors (Lipinski definition) is 0. The fraction of sp³-hybridized carbons (Fsp3) is 0.0986. The topological polar surface area (TPSA) is 0 Å². The highest BCUT2D eigenvalue weighted by molar-refractivity contribution is 6.23. The molecule has 0 saturated heterocycles. The highest BCUT2D eigenvalue weighted by atomic mass is 14.4. The van der Waals surface area contributed by atoms with Gasteiger partial charge in [-0.3, -0.25) is 0 Å². The van der Waals surface area contributed by atoms with Crippen molar-refractivity contribution < 1.29 is 0 Å². The highest BCUT2D eigenvalue weighted by Gasteiger charge is 2.38. The van der Waals surface area contributed by atoms with Crippen molar-refractivity contribution >= 4 is 43.1 Å². The molecule has 0 N–H and O–H groups in total. The minimum atomic E-state index is -0.234. The molecule has 2 aliphatic carbocycles. The monoisotopic (exact) mass is 904 g/mol. The molecule has 0 radical (unpaired) electrons. The summed E-state index contributed by atoms with van der Waals surface area (Å²) in [4.78, 5) is 0. The van der Waals surface area contributed by atoms with Crippen LogP contribution in [0.15, 0.2) is 224 Å². The molecular weight excluding hydrogens is 853 g/mol. The van der Waals surface area contributed by atoms with Gasteiger partial charge in [0.15, 0.2) is 0 Å². The van der Waals surface area contributed by atoms with Crippen LogP contribution in [0, 0.1) is 6.92 Å². The normalized spacial score (nSPS) is 13.9. The lowest BCUT2D eigenvalue weighted by Crippen LogP contribution is -2.15. The van der Waals surface area contributed by atoms with Gasteiger partial charge in [-0.05, 0) is 168 Å². The molecule has 12 aromatic carbocycles. The van der Waals surface area contributed by atoms with E-state index >= 15 is 0 Å². The summed E-state index contributed by atoms with van der Waals surface area (Å²) in [6, 6.07) is 85.0. The summed E-state index contributed by atoms with van der Waals surface area (Å²) in [5.41, 5.74) is 24.5. The predicted molar refractivity (Wildman–Crippen MR) is 304 cm³/mol. The van der Waals surface area contributed by atoms with Gasteiger partial charge in [0.1, 0.15) is 0 Å². The van der Waals surface area contributed by atoms with Gasteiger partial charge in [0.25, 0.3) is 0 Å². The maximum atomic E-state index is 2.52. The molecule has 0 bridgehead atoms. The second-order valence-corrected chi connectivity index (χ2v) is 21.2. The van der Waals surface area contributed by atoms with Crippen LogP contribution in [0.1, 0.15) is 55.5 Å². The lowest BCUT2D eigenvalue weighted by Gasteiger charge is -2.24. The number of hydrogen-bond donors (Lipinski definition) is 0. The summed E-state index contributed by atoms with van der Waals surface area (Å²) in [6.45, 7) is 11.8. The average molecular weight is 905 g/mol. The lowest BCUT2D eigenvalue weighted by molar-refractivity contribution is 0.660. The minimum Gasteiger partial charge on any atom is -0.0619 e. The van der Waals surface area contributed by atoms with Crippen molar-refractivity contribution in [1.82, 2.24) is 0 Å². The molecule has 0 fully saturated rings. The van der Waals surface area contributed by atoms with Gasteiger partial charge in [-0.25, -0.2) is 0 Å². The average Bonchev–Trinajstić information content (AvgIpc) is 3.77. The van der Waals surface area contributed by atoms with E-state index < -0.39 is 0 Å². The van der Waals surface area contributed by atoms with Crippen molar-refractivity contribution in [3.8, 4) is 77.9 Å². The quantitative estimate of drug-likeness (QED) is 0.151. The Hall–Kier alpha value is -8.32. The zero-order chi connectivity index (χ0) is 47.8. The summed E-state index contributed by atoms with van der Waals surface area (Å²) in [5, 5.41) is 10.2. The largest absolute Gasteiger partial charge is 0.0619 e. The molecule has 0 saturated carbocycles. The van der Waals surface area contributed by atoms with Crippen LogP contribution in [0.2, 0.25) is 0 Å². The fourth-order valence-corrected chi connectivity index (χ4v) is 13.0. The van der Waals surface area contributed by atoms with Crippen LogP contribution in [0.3, 0.4) is 0 Å². The van der Waals surface area contributed by atoms with Crippen molar-refractivity contribution in [3.63, 3.8) is 0 Å². The molecule has 0 amide bonds. The van der Waals surface area contributed by atoms with E-state index in [9.17, 15) is 0 Å². The Morgan fingerprint density at radius 3 is 0.845 bits per heavy atom. The summed E-state index contributed by atoms with van der Waals surface area (Å²) < 4.78 is 0. The van der Waals surface area contributed by atoms with Gasteiger partial charge >= 0.3 is 0 Å². The highest BCUT2D eigenvalue weighted by Crippen LogP contribution is 2.55. The van der Waals surface area contributed by atoms with Crippen molar-refractivity contribution in [2.24, 2.45) is 0 Å². The number of benzene rings is 12. The number of fused-ring (bicyclic) bond motifs is 10. The third-order valence-corrected chi connectivity index (χ3v) is 16.5. The standard InChI is InChI=1S/C71H52/c1-43-26-28-44(29-27-43)45-30-32-46(33-31-45)66-54-17-6-8-19-56(54)67(57-20-9-7-18-55(57)66)48-35-38-52-53-39-36-49(42-65(53)71(4,5)64(52)41-48)69-60-23-12-10-21-58(60)68(59-22-11-13-24-61(59)69)47-34-37-51-50-16-14-15-25-62(50)70(2,3)63(51)40-47/h6-42H,1-5H3. The zero-order valence-corrected chi connectivity index (χ0v) is 40.9. The third kappa shape index (κ3) is 6.11. The molecule has 0 nitrogen and oxygen atoms in total. The molecule has 0 aliphatic heterocycles. The Morgan fingerprint density at radius 2 is 0.479 bits per heavy atom. The maximum absolute atomic E-state index is 2.52. The molecule has 14 rings (SSSR count). The first-order valence-electron chi connectivity index (χ1n) is 25.2. The fourth-order valence-electron chi connectivity index (χ4n) is 13.0. The summed E-state index contributed by atoms with van der Waals surface area (Å²) in [5.74, 6) is 0. The molecule has 0 heterocycles. The molecule has 0 unspecified atom stereocenters. The Kier molecular flexibility index (Phi) is 8.99. The van der Waals surface area contributed by atoms with E-state index in [-0.39, 0.29) is 10.8 Å². The summed E-state index contributed by atoms with van der Waals surface area (Å²) in [7, 11) is 0. The molecular formula is C71H52. The summed E-state index contributed by atoms with van der Waals surface area (Å²) in [6.07, 6.45) is 0. The minimum absolute atomic E-state index is 0.0780. The van der Waals surface area contributed by atoms with Gasteiger partial charge in [0.2, 0.25) is 0 Å². The molecule has 336 valence electrons. The molecule has 0 atom stereocenters. The van der Waals surface area contributed by atoms with E-state index in [1.165, 1.54) is 149 Å². The molecule has 12 aromatic rings. The van der Waals surface area contributed by atoms with Crippen LogP contribution in [-0.4, -0.2) is 0 Å². The first-order chi connectivity index (χ1) is 34.6. The molecule has 2 aliphatic rings. The van der Waals surface area contributed by atoms with E-state index in [1.807, 2.05) is 0 Å². The molecule has 0 spiro atoms. The lowest BCUT2D eigenvalue weighted by atomic mass is 9.79. The van der Waals surface area contributed by atoms with E-state index in [1.54, 1.807) is 0 Å². The van der Waals surface area contributed by atoms with Crippen LogP contribution in [0.4, 0.5) is 0 Å². The van der Waals surface area contributed by atoms with E-state index in [2.05, 4.69) is 259 Å². The van der Waals surface area contributed by atoms with Crippen LogP contribution < -0.4 is 0 Å². The maximum Gasteiger partial charge on any atom is 0.0159 e. The van der Waals surface area contributed by atoms with E-state index in [4.69, 9.17) is 0 Å². The second kappa shape index (κ2) is 15.3. The SMILES string of the molecule is Cc1ccc(-c2ccc(-c3c4ccccc4c(-c4ccc5c(c4)C(C)(C)c4cc(-c6c7ccccc7c(-c7ccc8c(c7)C(C)(C)c7ccccc7-8)c7ccccc67)ccc4-5)c4ccccc34)cc2)cc1. The Morgan fingerprint density at radius 1 is 0.225 bits per heavy atom. The molecule has 0 aromatic heterocycles. The van der Waals surface area contributed by atoms with Crippen molar-refractivity contribution in [1.29, 1.82) is 0 Å². The van der Waals surface area contributed by atoms with Crippen LogP contribution in [-0.2, 0) is 10.8 Å². The van der Waals surface area contributed by atoms with Crippen LogP contribution >= 0.6 is 0 Å². The first kappa shape index (κ1) is 41.6. The molecule has 0 heteroatoms. The summed E-state index contributed by atoms with van der Waals surface area (Å²) >= 11 is 0. The predicted octanol–water partition coefficient (Wildman–Crippen LogP) is 19.6. The van der Waals surface area contributed by atoms with Gasteiger partial charge in [0, 0.05) is 10.8 Å². The van der Waals surface area contributed by atoms with E-state index in [0.717, 1.165) is 0 Å². The van der Waals surface area contributed by atoms with Crippen molar-refractivity contribution in [2.75, 3.05) is 0 Å². The number of aryl methyl sites for hydroxylation is 1. The van der Waals surface area contributed by atoms with E-state index in [0.29, 0.717) is 0 Å². The van der Waals surface area contributed by atoms with Gasteiger partial charge in [-0.1, -0.05) is 240 Å². The van der Waals surface area contributed by atoms with Crippen LogP contribution in [0.5, 0.6) is 0 Å². The first-order valence-corrected chi connectivity index (χ1v) is 25.2. The number of rotatable bonds is 5. The zero-order valence-electron chi connectivity index (χ0n) is 40.9. The van der Waals surface area contributed by atoms with Gasteiger partial charge in [-0.2, -0.15) is 0 Å². The third-order valence-electron chi connectivity index (χ3n) is 16.5. The Balaban J connectivity index is 0.888. The smallest absolute Gasteiger partial charge is 0.0159 e. The van der Waals surface area contributed by atoms with Gasteiger partial charge in [0.05, 0.1) is 0 Å². The Labute approximate surface area is 416 Å². The van der Waals surface area contributed by atoms with Crippen molar-refractivity contribution in [3.05, 3.63) is 252 Å². The van der Waals surface area contributed by atoms with Gasteiger partial charge in [-0.15, -0.1) is 0 Å². The molecule has 71 heavy (non-hydrogen) atoms. The van der Waals surface area contributed by atoms with Gasteiger partial charge < -0.3 is 0 Å². The van der Waals surface area contributed by atoms with Crippen molar-refractivity contribution in [2.45, 2.75) is 45.4 Å². The van der Waals surface area contributed by atoms with Crippen LogP contribution in [0.25, 0.3) is 121 Å². The second-order valence-electron chi connectivity index (χ2n) is 21.2.